The highest BCUT2D eigenvalue weighted by atomic mass is 16.7. The summed E-state index contributed by atoms with van der Waals surface area (Å²) in [5, 5.41) is 24.8. The molecule has 1 heterocycles. The Morgan fingerprint density at radius 3 is 2.45 bits per heavy atom. The van der Waals surface area contributed by atoms with Crippen LogP contribution in [0, 0.1) is 27.2 Å². The van der Waals surface area contributed by atoms with Crippen molar-refractivity contribution in [2.45, 2.75) is 6.92 Å². The highest BCUT2D eigenvalue weighted by molar-refractivity contribution is 5.66. The molecule has 9 nitrogen and oxygen atoms in total. The molecule has 9 heteroatoms. The number of methoxy groups -OCH3 is 1. The van der Waals surface area contributed by atoms with Crippen LogP contribution in [0.1, 0.15) is 5.69 Å². The first-order chi connectivity index (χ1) is 9.43. The Balaban J connectivity index is 2.53. The van der Waals surface area contributed by atoms with E-state index < -0.39 is 9.96 Å². The van der Waals surface area contributed by atoms with Crippen LogP contribution in [0.25, 0.3) is 11.3 Å². The Hall–Kier alpha value is -2.97. The molecule has 1 aromatic carbocycles. The molecule has 0 amide bonds. The lowest BCUT2D eigenvalue weighted by atomic mass is 10.1. The van der Waals surface area contributed by atoms with Crippen molar-refractivity contribution in [2.24, 2.45) is 0 Å². The molecule has 0 aliphatic carbocycles. The molecule has 0 N–H and O–H groups in total. The minimum absolute atomic E-state index is 0.115. The first-order valence-corrected chi connectivity index (χ1v) is 5.48. The van der Waals surface area contributed by atoms with E-state index in [9.17, 15) is 20.2 Å². The van der Waals surface area contributed by atoms with Gasteiger partial charge in [0.25, 0.3) is 0 Å². The normalized spacial score (nSPS) is 10.3. The molecule has 0 aliphatic heterocycles. The Bertz CT molecular complexity index is 694. The van der Waals surface area contributed by atoms with Gasteiger partial charge in [-0.1, -0.05) is 0 Å². The predicted molar refractivity (Wildman–Crippen MR) is 68.0 cm³/mol. The number of rotatable bonds is 4. The van der Waals surface area contributed by atoms with Crippen LogP contribution in [0.5, 0.6) is 5.75 Å². The van der Waals surface area contributed by atoms with Gasteiger partial charge in [-0.2, -0.15) is 0 Å². The Kier molecular flexibility index (Phi) is 3.34. The van der Waals surface area contributed by atoms with E-state index in [-0.39, 0.29) is 17.1 Å². The molecule has 1 aromatic heterocycles. The van der Waals surface area contributed by atoms with Crippen molar-refractivity contribution in [2.75, 3.05) is 7.11 Å². The van der Waals surface area contributed by atoms with Gasteiger partial charge in [0.1, 0.15) is 5.69 Å². The highest BCUT2D eigenvalue weighted by Crippen LogP contribution is 2.31. The first kappa shape index (κ1) is 13.5. The van der Waals surface area contributed by atoms with Crippen molar-refractivity contribution in [3.05, 3.63) is 50.2 Å². The molecule has 2 rings (SSSR count). The Morgan fingerprint density at radius 2 is 1.95 bits per heavy atom. The quantitative estimate of drug-likeness (QED) is 0.622. The fourth-order valence-electron chi connectivity index (χ4n) is 1.76. The number of nitro groups is 2. The van der Waals surface area contributed by atoms with Crippen molar-refractivity contribution < 1.29 is 14.7 Å². The van der Waals surface area contributed by atoms with Gasteiger partial charge in [-0.3, -0.25) is 10.1 Å². The molecule has 0 radical (unpaired) electrons. The Labute approximate surface area is 112 Å². The summed E-state index contributed by atoms with van der Waals surface area (Å²) in [6, 6.07) is 5.73. The summed E-state index contributed by atoms with van der Waals surface area (Å²) in [6.07, 6.45) is 0. The number of ether oxygens (including phenoxy) is 1. The molecule has 0 aliphatic rings. The smallest absolute Gasteiger partial charge is 0.311 e. The van der Waals surface area contributed by atoms with Crippen LogP contribution in [0.4, 0.5) is 5.69 Å². The van der Waals surface area contributed by atoms with E-state index >= 15 is 0 Å². The molecule has 104 valence electrons. The third-order valence-electron chi connectivity index (χ3n) is 2.69. The van der Waals surface area contributed by atoms with E-state index in [4.69, 9.17) is 4.74 Å². The van der Waals surface area contributed by atoms with E-state index in [1.165, 1.54) is 32.2 Å². The second-order valence-corrected chi connectivity index (χ2v) is 3.94. The summed E-state index contributed by atoms with van der Waals surface area (Å²) in [6.45, 7) is 1.53. The zero-order valence-electron chi connectivity index (χ0n) is 10.6. The predicted octanol–water partition coefficient (Wildman–Crippen LogP) is 1.82. The molecule has 0 spiro atoms. The van der Waals surface area contributed by atoms with Gasteiger partial charge in [0.2, 0.25) is 5.69 Å². The number of nitro benzene ring substituents is 1. The number of aromatic nitrogens is 2. The van der Waals surface area contributed by atoms with Gasteiger partial charge in [-0.25, -0.2) is 0 Å². The Morgan fingerprint density at radius 1 is 1.25 bits per heavy atom. The minimum Gasteiger partial charge on any atom is -0.490 e. The van der Waals surface area contributed by atoms with E-state index in [2.05, 4.69) is 5.10 Å². The summed E-state index contributed by atoms with van der Waals surface area (Å²) in [5.74, 6) is 0.115. The molecule has 0 unspecified atom stereocenters. The lowest BCUT2D eigenvalue weighted by molar-refractivity contribution is -0.553. The van der Waals surface area contributed by atoms with Crippen molar-refractivity contribution in [1.82, 2.24) is 9.89 Å². The molecule has 0 fully saturated rings. The molecule has 0 bridgehead atoms. The van der Waals surface area contributed by atoms with Gasteiger partial charge in [-0.05, 0) is 19.1 Å². The summed E-state index contributed by atoms with van der Waals surface area (Å²) in [5.41, 5.74) is 0.785. The fraction of sp³-hybridized carbons (Fsp3) is 0.182. The third-order valence-corrected chi connectivity index (χ3v) is 2.69. The van der Waals surface area contributed by atoms with Crippen LogP contribution in [-0.2, 0) is 0 Å². The van der Waals surface area contributed by atoms with E-state index in [0.29, 0.717) is 16.0 Å². The first-order valence-electron chi connectivity index (χ1n) is 5.48. The van der Waals surface area contributed by atoms with E-state index in [1.807, 2.05) is 0 Å². The van der Waals surface area contributed by atoms with Crippen molar-refractivity contribution in [3.63, 3.8) is 0 Å². The van der Waals surface area contributed by atoms with Gasteiger partial charge >= 0.3 is 5.69 Å². The molecule has 20 heavy (non-hydrogen) atoms. The standard InChI is InChI=1S/C11H10N4O5/c1-7-5-9(12-13(7)15(18)19)8-3-4-11(20-2)10(6-8)14(16)17/h3-6H,1-2H3. The van der Waals surface area contributed by atoms with Crippen molar-refractivity contribution in [3.8, 4) is 17.0 Å². The van der Waals surface area contributed by atoms with Crippen LogP contribution in [0.2, 0.25) is 0 Å². The zero-order chi connectivity index (χ0) is 14.9. The van der Waals surface area contributed by atoms with Gasteiger partial charge < -0.3 is 14.9 Å². The summed E-state index contributed by atoms with van der Waals surface area (Å²) < 4.78 is 4.89. The maximum atomic E-state index is 10.9. The SMILES string of the molecule is COc1ccc(-c2cc(C)n([N+](=O)[O-])n2)cc1[N+](=O)[O-]. The lowest BCUT2D eigenvalue weighted by Gasteiger charge is -2.01. The van der Waals surface area contributed by atoms with Crippen LogP contribution in [-0.4, -0.2) is 27.0 Å². The number of hydrogen-bond donors (Lipinski definition) is 0. The number of hydrogen-bond acceptors (Lipinski definition) is 6. The summed E-state index contributed by atoms with van der Waals surface area (Å²) in [4.78, 5) is 21.7. The second-order valence-electron chi connectivity index (χ2n) is 3.94. The average molecular weight is 278 g/mol. The van der Waals surface area contributed by atoms with Gasteiger partial charge in [0.15, 0.2) is 5.75 Å². The molecule has 2 aromatic rings. The van der Waals surface area contributed by atoms with Gasteiger partial charge in [0, 0.05) is 22.5 Å². The maximum absolute atomic E-state index is 10.9. The van der Waals surface area contributed by atoms with Crippen LogP contribution < -0.4 is 4.74 Å². The van der Waals surface area contributed by atoms with E-state index in [0.717, 1.165) is 0 Å². The average Bonchev–Trinajstić information content (AvgIpc) is 2.80. The lowest BCUT2D eigenvalue weighted by Crippen LogP contribution is -2.11. The third kappa shape index (κ3) is 2.28. The largest absolute Gasteiger partial charge is 0.490 e. The fourth-order valence-corrected chi connectivity index (χ4v) is 1.76. The number of nitrogens with zero attached hydrogens (tertiary/aromatic N) is 4. The molecule has 0 atom stereocenters. The van der Waals surface area contributed by atoms with Crippen LogP contribution in [0.3, 0.4) is 0 Å². The van der Waals surface area contributed by atoms with Crippen molar-refractivity contribution in [1.29, 1.82) is 0 Å². The molecular weight excluding hydrogens is 268 g/mol. The van der Waals surface area contributed by atoms with Crippen LogP contribution in [0.15, 0.2) is 24.3 Å². The monoisotopic (exact) mass is 278 g/mol. The van der Waals surface area contributed by atoms with Crippen molar-refractivity contribution >= 4 is 5.69 Å². The zero-order valence-corrected chi connectivity index (χ0v) is 10.6. The number of benzene rings is 1. The second kappa shape index (κ2) is 4.96. The van der Waals surface area contributed by atoms with Gasteiger partial charge in [0.05, 0.1) is 22.2 Å². The highest BCUT2D eigenvalue weighted by Gasteiger charge is 2.21. The minimum atomic E-state index is -0.670. The topological polar surface area (TPSA) is 113 Å². The molecule has 0 saturated heterocycles. The van der Waals surface area contributed by atoms with Gasteiger partial charge in [-0.15, -0.1) is 0 Å². The maximum Gasteiger partial charge on any atom is 0.311 e. The summed E-state index contributed by atoms with van der Waals surface area (Å²) in [7, 11) is 1.33. The van der Waals surface area contributed by atoms with Crippen LogP contribution >= 0.6 is 0 Å². The number of aryl methyl sites for hydroxylation is 1. The molecular formula is C11H10N4O5. The van der Waals surface area contributed by atoms with E-state index in [1.54, 1.807) is 6.07 Å². The summed E-state index contributed by atoms with van der Waals surface area (Å²) >= 11 is 0. The molecule has 0 saturated carbocycles.